The zero-order chi connectivity index (χ0) is 18.5. The number of esters is 1. The van der Waals surface area contributed by atoms with Crippen LogP contribution >= 0.6 is 0 Å². The summed E-state index contributed by atoms with van der Waals surface area (Å²) in [5.41, 5.74) is 1.07. The van der Waals surface area contributed by atoms with Gasteiger partial charge in [0.2, 0.25) is 5.90 Å². The molecule has 0 unspecified atom stereocenters. The fourth-order valence-electron chi connectivity index (χ4n) is 3.88. The molecule has 0 bridgehead atoms. The van der Waals surface area contributed by atoms with E-state index in [4.69, 9.17) is 14.2 Å². The highest BCUT2D eigenvalue weighted by atomic mass is 16.6. The number of nitrogens with zero attached hydrogens (tertiary/aromatic N) is 1. The first-order valence-electron chi connectivity index (χ1n) is 9.39. The lowest BCUT2D eigenvalue weighted by Gasteiger charge is -2.27. The molecular weight excluding hydrogens is 330 g/mol. The zero-order valence-corrected chi connectivity index (χ0v) is 15.8. The summed E-state index contributed by atoms with van der Waals surface area (Å²) in [6.45, 7) is 2.23. The Kier molecular flexibility index (Phi) is 5.96. The molecule has 1 aromatic carbocycles. The number of cyclic esters (lactones) is 1. The third-order valence-corrected chi connectivity index (χ3v) is 5.26. The number of carbonyl (C=O) groups excluding carboxylic acids is 1. The minimum Gasteiger partial charge on any atom is -0.493 e. The van der Waals surface area contributed by atoms with Gasteiger partial charge in [0.1, 0.15) is 0 Å². The van der Waals surface area contributed by atoms with Gasteiger partial charge in [-0.15, -0.1) is 0 Å². The summed E-state index contributed by atoms with van der Waals surface area (Å²) >= 11 is 0. The number of hydrogen-bond donors (Lipinski definition) is 0. The Morgan fingerprint density at radius 2 is 1.96 bits per heavy atom. The lowest BCUT2D eigenvalue weighted by molar-refractivity contribution is -0.130. The first-order valence-corrected chi connectivity index (χ1v) is 9.39. The van der Waals surface area contributed by atoms with Crippen LogP contribution in [0.25, 0.3) is 6.08 Å². The normalized spacial score (nSPS) is 24.3. The highest BCUT2D eigenvalue weighted by Gasteiger charge is 2.32. The van der Waals surface area contributed by atoms with E-state index in [1.165, 1.54) is 25.7 Å². The van der Waals surface area contributed by atoms with Crippen LogP contribution < -0.4 is 9.47 Å². The smallest absolute Gasteiger partial charge is 0.363 e. The molecule has 0 spiro atoms. The van der Waals surface area contributed by atoms with Crippen molar-refractivity contribution in [1.82, 2.24) is 0 Å². The van der Waals surface area contributed by atoms with E-state index in [1.807, 2.05) is 18.2 Å². The van der Waals surface area contributed by atoms with Gasteiger partial charge in [0.05, 0.1) is 14.2 Å². The van der Waals surface area contributed by atoms with E-state index in [-0.39, 0.29) is 11.9 Å². The van der Waals surface area contributed by atoms with Crippen molar-refractivity contribution in [1.29, 1.82) is 0 Å². The number of aliphatic imine (C=N–C) groups is 1. The summed E-state index contributed by atoms with van der Waals surface area (Å²) in [7, 11) is 3.17. The zero-order valence-electron chi connectivity index (χ0n) is 15.8. The van der Waals surface area contributed by atoms with E-state index in [0.717, 1.165) is 24.3 Å². The van der Waals surface area contributed by atoms with E-state index >= 15 is 0 Å². The number of methoxy groups -OCH3 is 2. The molecule has 0 atom stereocenters. The monoisotopic (exact) mass is 357 g/mol. The second kappa shape index (κ2) is 8.39. The molecule has 0 amide bonds. The van der Waals surface area contributed by atoms with Gasteiger partial charge in [0, 0.05) is 11.5 Å². The summed E-state index contributed by atoms with van der Waals surface area (Å²) < 4.78 is 16.2. The summed E-state index contributed by atoms with van der Waals surface area (Å²) in [6.07, 6.45) is 8.72. The van der Waals surface area contributed by atoms with Gasteiger partial charge < -0.3 is 14.2 Å². The van der Waals surface area contributed by atoms with E-state index in [0.29, 0.717) is 23.1 Å². The average molecular weight is 357 g/mol. The van der Waals surface area contributed by atoms with Gasteiger partial charge in [-0.05, 0) is 43.7 Å². The van der Waals surface area contributed by atoms with E-state index in [9.17, 15) is 4.79 Å². The van der Waals surface area contributed by atoms with Gasteiger partial charge in [-0.3, -0.25) is 0 Å². The fourth-order valence-corrected chi connectivity index (χ4v) is 3.88. The third kappa shape index (κ3) is 3.92. The number of ether oxygens (including phenoxy) is 3. The number of rotatable bonds is 6. The van der Waals surface area contributed by atoms with Crippen LogP contribution in [0.3, 0.4) is 0 Å². The van der Waals surface area contributed by atoms with Crippen molar-refractivity contribution in [3.8, 4) is 11.5 Å². The number of para-hydroxylation sites is 1. The van der Waals surface area contributed by atoms with Crippen molar-refractivity contribution in [3.63, 3.8) is 0 Å². The molecule has 5 nitrogen and oxygen atoms in total. The van der Waals surface area contributed by atoms with Crippen LogP contribution in [0.1, 0.15) is 51.0 Å². The van der Waals surface area contributed by atoms with Crippen LogP contribution in [0.4, 0.5) is 0 Å². The van der Waals surface area contributed by atoms with Crippen LogP contribution in [0.5, 0.6) is 11.5 Å². The molecule has 3 rings (SSSR count). The maximum Gasteiger partial charge on any atom is 0.363 e. The molecule has 0 N–H and O–H groups in total. The molecule has 1 aliphatic carbocycles. The summed E-state index contributed by atoms with van der Waals surface area (Å²) in [5.74, 6) is 2.46. The van der Waals surface area contributed by atoms with Crippen LogP contribution in [0.2, 0.25) is 0 Å². The number of benzene rings is 1. The molecular formula is C21H27NO4. The summed E-state index contributed by atoms with van der Waals surface area (Å²) in [6, 6.07) is 5.54. The number of hydrogen-bond acceptors (Lipinski definition) is 5. The van der Waals surface area contributed by atoms with Crippen LogP contribution in [-0.4, -0.2) is 26.1 Å². The Morgan fingerprint density at radius 3 is 2.62 bits per heavy atom. The standard InChI is InChI=1S/C21H27NO4/c1-4-6-14-9-11-15(12-10-14)20-22-17(21(23)26-20)13-16-7-5-8-18(24-2)19(16)25-3/h5,7-8,13-15H,4,6,9-12H2,1-3H3. The Bertz CT molecular complexity index is 715. The molecule has 1 heterocycles. The molecule has 0 radical (unpaired) electrons. The summed E-state index contributed by atoms with van der Waals surface area (Å²) in [4.78, 5) is 16.8. The van der Waals surface area contributed by atoms with Gasteiger partial charge in [-0.1, -0.05) is 31.9 Å². The molecule has 2 aliphatic rings. The quantitative estimate of drug-likeness (QED) is 0.551. The SMILES string of the molecule is CCCC1CCC(C2=NC(=Cc3cccc(OC)c3OC)C(=O)O2)CC1. The second-order valence-electron chi connectivity index (χ2n) is 6.96. The highest BCUT2D eigenvalue weighted by molar-refractivity contribution is 6.08. The van der Waals surface area contributed by atoms with Crippen molar-refractivity contribution in [3.05, 3.63) is 29.5 Å². The minimum absolute atomic E-state index is 0.255. The van der Waals surface area contributed by atoms with Gasteiger partial charge in [0.15, 0.2) is 17.2 Å². The Morgan fingerprint density at radius 1 is 1.19 bits per heavy atom. The number of carbonyl (C=O) groups is 1. The van der Waals surface area contributed by atoms with Crippen molar-refractivity contribution in [2.24, 2.45) is 16.8 Å². The van der Waals surface area contributed by atoms with Crippen molar-refractivity contribution in [2.45, 2.75) is 45.4 Å². The molecule has 0 saturated heterocycles. The third-order valence-electron chi connectivity index (χ3n) is 5.26. The van der Waals surface area contributed by atoms with Gasteiger partial charge in [0.25, 0.3) is 0 Å². The molecule has 1 fully saturated rings. The lowest BCUT2D eigenvalue weighted by Crippen LogP contribution is -2.22. The van der Waals surface area contributed by atoms with Crippen LogP contribution in [0.15, 0.2) is 28.9 Å². The predicted octanol–water partition coefficient (Wildman–Crippen LogP) is 4.61. The van der Waals surface area contributed by atoms with Crippen molar-refractivity contribution >= 4 is 17.9 Å². The van der Waals surface area contributed by atoms with E-state index in [2.05, 4.69) is 11.9 Å². The first-order chi connectivity index (χ1) is 12.7. The van der Waals surface area contributed by atoms with Crippen molar-refractivity contribution < 1.29 is 19.0 Å². The maximum absolute atomic E-state index is 12.3. The maximum atomic E-state index is 12.3. The molecule has 140 valence electrons. The van der Waals surface area contributed by atoms with Gasteiger partial charge in [-0.25, -0.2) is 9.79 Å². The first kappa shape index (κ1) is 18.5. The Labute approximate surface area is 155 Å². The molecule has 0 aromatic heterocycles. The molecule has 1 saturated carbocycles. The predicted molar refractivity (Wildman–Crippen MR) is 101 cm³/mol. The van der Waals surface area contributed by atoms with E-state index < -0.39 is 0 Å². The lowest BCUT2D eigenvalue weighted by atomic mass is 9.80. The second-order valence-corrected chi connectivity index (χ2v) is 6.96. The van der Waals surface area contributed by atoms with E-state index in [1.54, 1.807) is 20.3 Å². The van der Waals surface area contributed by atoms with Crippen molar-refractivity contribution in [2.75, 3.05) is 14.2 Å². The molecule has 1 aromatic rings. The molecule has 1 aliphatic heterocycles. The average Bonchev–Trinajstić information content (AvgIpc) is 3.03. The highest BCUT2D eigenvalue weighted by Crippen LogP contribution is 2.36. The summed E-state index contributed by atoms with van der Waals surface area (Å²) in [5, 5.41) is 0. The van der Waals surface area contributed by atoms with Gasteiger partial charge in [-0.2, -0.15) is 0 Å². The minimum atomic E-state index is -0.388. The molecule has 5 heteroatoms. The molecule has 26 heavy (non-hydrogen) atoms. The Balaban J connectivity index is 1.78. The largest absolute Gasteiger partial charge is 0.493 e. The van der Waals surface area contributed by atoms with Gasteiger partial charge >= 0.3 is 5.97 Å². The topological polar surface area (TPSA) is 57.1 Å². The fraction of sp³-hybridized carbons (Fsp3) is 0.524. The Hall–Kier alpha value is -2.30. The van der Waals surface area contributed by atoms with Crippen LogP contribution in [0, 0.1) is 11.8 Å². The van der Waals surface area contributed by atoms with Crippen LogP contribution in [-0.2, 0) is 9.53 Å².